The fraction of sp³-hybridized carbons (Fsp3) is 0.571. The average Bonchev–Trinajstić information content (AvgIpc) is 2.36. The van der Waals surface area contributed by atoms with Gasteiger partial charge in [-0.1, -0.05) is 6.92 Å². The monoisotopic (exact) mass is 392 g/mol. The zero-order valence-corrected chi connectivity index (χ0v) is 11.0. The predicted molar refractivity (Wildman–Crippen MR) is 64.0 cm³/mol. The molecule has 1 rings (SSSR count). The van der Waals surface area contributed by atoms with Crippen molar-refractivity contribution < 1.29 is 5.11 Å². The third-order valence-corrected chi connectivity index (χ3v) is 4.56. The summed E-state index contributed by atoms with van der Waals surface area (Å²) in [4.78, 5) is 4.13. The van der Waals surface area contributed by atoms with Crippen LogP contribution in [0, 0.1) is 7.40 Å². The van der Waals surface area contributed by atoms with Crippen molar-refractivity contribution in [3.8, 4) is 0 Å². The van der Waals surface area contributed by atoms with Crippen molar-refractivity contribution in [3.63, 3.8) is 0 Å². The highest BCUT2D eigenvalue weighted by atomic mass is 127. The van der Waals surface area contributed by atoms with Gasteiger partial charge in [-0.05, 0) is 51.6 Å². The number of hydrogen-bond donors (Lipinski definition) is 1. The SMILES string of the molecule is CC[C@@H](O)Cn1cnc(I)c1I. The number of nitrogens with zero attached hydrogens (tertiary/aromatic N) is 2. The first kappa shape index (κ1) is 10.7. The van der Waals surface area contributed by atoms with E-state index in [4.69, 9.17) is 0 Å². The molecule has 3 nitrogen and oxygen atoms in total. The lowest BCUT2D eigenvalue weighted by Crippen LogP contribution is -2.15. The van der Waals surface area contributed by atoms with Crippen LogP contribution in [0.4, 0.5) is 0 Å². The van der Waals surface area contributed by atoms with Gasteiger partial charge in [0.15, 0.2) is 0 Å². The summed E-state index contributed by atoms with van der Waals surface area (Å²) in [5.41, 5.74) is 0. The van der Waals surface area contributed by atoms with Crippen LogP contribution in [0.1, 0.15) is 13.3 Å². The van der Waals surface area contributed by atoms with Gasteiger partial charge in [0.05, 0.1) is 19.0 Å². The van der Waals surface area contributed by atoms with E-state index in [1.807, 2.05) is 11.5 Å². The van der Waals surface area contributed by atoms with Crippen LogP contribution in [0.25, 0.3) is 0 Å². The Balaban J connectivity index is 2.69. The number of imidazole rings is 1. The quantitative estimate of drug-likeness (QED) is 0.799. The third kappa shape index (κ3) is 2.56. The maximum Gasteiger partial charge on any atom is 0.132 e. The van der Waals surface area contributed by atoms with Gasteiger partial charge >= 0.3 is 0 Å². The largest absolute Gasteiger partial charge is 0.391 e. The molecule has 0 radical (unpaired) electrons. The molecule has 0 bridgehead atoms. The van der Waals surface area contributed by atoms with Crippen LogP contribution < -0.4 is 0 Å². The molecule has 0 aliphatic carbocycles. The van der Waals surface area contributed by atoms with Crippen LogP contribution in [-0.4, -0.2) is 20.8 Å². The molecule has 0 aliphatic heterocycles. The van der Waals surface area contributed by atoms with E-state index in [0.717, 1.165) is 13.8 Å². The Hall–Kier alpha value is 0.630. The summed E-state index contributed by atoms with van der Waals surface area (Å²) in [6.45, 7) is 2.62. The van der Waals surface area contributed by atoms with Gasteiger partial charge in [0.2, 0.25) is 0 Å². The minimum atomic E-state index is -0.261. The number of halogens is 2. The van der Waals surface area contributed by atoms with Crippen molar-refractivity contribution in [1.29, 1.82) is 0 Å². The van der Waals surface area contributed by atoms with Crippen molar-refractivity contribution in [1.82, 2.24) is 9.55 Å². The van der Waals surface area contributed by atoms with E-state index < -0.39 is 0 Å². The predicted octanol–water partition coefficient (Wildman–Crippen LogP) is 1.86. The first-order chi connectivity index (χ1) is 5.65. The molecule has 0 aromatic carbocycles. The molecule has 0 fully saturated rings. The van der Waals surface area contributed by atoms with E-state index in [0.29, 0.717) is 6.54 Å². The van der Waals surface area contributed by atoms with E-state index >= 15 is 0 Å². The first-order valence-corrected chi connectivity index (χ1v) is 5.85. The zero-order chi connectivity index (χ0) is 9.14. The molecule has 5 heteroatoms. The Morgan fingerprint density at radius 3 is 2.75 bits per heavy atom. The Morgan fingerprint density at radius 1 is 1.67 bits per heavy atom. The number of hydrogen-bond acceptors (Lipinski definition) is 2. The summed E-state index contributed by atoms with van der Waals surface area (Å²) < 4.78 is 4.06. The molecule has 68 valence electrons. The average molecular weight is 392 g/mol. The maximum atomic E-state index is 9.39. The van der Waals surface area contributed by atoms with Crippen molar-refractivity contribution in [2.75, 3.05) is 0 Å². The molecule has 0 saturated heterocycles. The van der Waals surface area contributed by atoms with Crippen molar-refractivity contribution in [2.45, 2.75) is 26.0 Å². The lowest BCUT2D eigenvalue weighted by atomic mass is 10.3. The highest BCUT2D eigenvalue weighted by molar-refractivity contribution is 14.1. The molecule has 0 spiro atoms. The molecule has 0 saturated carbocycles. The standard InChI is InChI=1S/C7H10I2N2O/c1-2-5(12)3-11-4-10-6(8)7(11)9/h4-5,12H,2-3H2,1H3/t5-/m1/s1. The highest BCUT2D eigenvalue weighted by Crippen LogP contribution is 2.13. The summed E-state index contributed by atoms with van der Waals surface area (Å²) in [5, 5.41) is 9.39. The molecule has 0 amide bonds. The second-order valence-corrected chi connectivity index (χ2v) is 4.58. The Labute approximate surface area is 98.8 Å². The second kappa shape index (κ2) is 4.75. The van der Waals surface area contributed by atoms with Crippen LogP contribution in [0.15, 0.2) is 6.33 Å². The van der Waals surface area contributed by atoms with Gasteiger partial charge in [0, 0.05) is 0 Å². The van der Waals surface area contributed by atoms with Crippen LogP contribution in [0.3, 0.4) is 0 Å². The van der Waals surface area contributed by atoms with Gasteiger partial charge in [0.1, 0.15) is 7.40 Å². The normalized spacial score (nSPS) is 13.3. The Morgan fingerprint density at radius 2 is 2.33 bits per heavy atom. The molecule has 0 aliphatic rings. The summed E-state index contributed by atoms with van der Waals surface area (Å²) in [6.07, 6.45) is 2.29. The molecule has 12 heavy (non-hydrogen) atoms. The summed E-state index contributed by atoms with van der Waals surface area (Å²) >= 11 is 4.41. The van der Waals surface area contributed by atoms with Crippen LogP contribution >= 0.6 is 45.2 Å². The highest BCUT2D eigenvalue weighted by Gasteiger charge is 2.07. The molecular formula is C7H10I2N2O. The van der Waals surface area contributed by atoms with Gasteiger partial charge < -0.3 is 9.67 Å². The van der Waals surface area contributed by atoms with Crippen molar-refractivity contribution >= 4 is 45.2 Å². The smallest absolute Gasteiger partial charge is 0.132 e. The maximum absolute atomic E-state index is 9.39. The second-order valence-electron chi connectivity index (χ2n) is 2.54. The molecule has 1 heterocycles. The van der Waals surface area contributed by atoms with E-state index in [9.17, 15) is 5.11 Å². The van der Waals surface area contributed by atoms with Gasteiger partial charge in [-0.25, -0.2) is 4.98 Å². The number of aliphatic hydroxyl groups is 1. The van der Waals surface area contributed by atoms with Crippen molar-refractivity contribution in [3.05, 3.63) is 13.7 Å². The van der Waals surface area contributed by atoms with Gasteiger partial charge in [-0.3, -0.25) is 0 Å². The summed E-state index contributed by atoms with van der Waals surface area (Å²) in [6, 6.07) is 0. The van der Waals surface area contributed by atoms with Crippen LogP contribution in [0.2, 0.25) is 0 Å². The van der Waals surface area contributed by atoms with Gasteiger partial charge in [-0.15, -0.1) is 0 Å². The topological polar surface area (TPSA) is 38.0 Å². The number of aliphatic hydroxyl groups excluding tert-OH is 1. The summed E-state index contributed by atoms with van der Waals surface area (Å²) in [7, 11) is 0. The van der Waals surface area contributed by atoms with Crippen LogP contribution in [0.5, 0.6) is 0 Å². The van der Waals surface area contributed by atoms with Gasteiger partial charge in [-0.2, -0.15) is 0 Å². The Kier molecular flexibility index (Phi) is 4.24. The van der Waals surface area contributed by atoms with E-state index in [1.54, 1.807) is 6.33 Å². The molecule has 1 aromatic heterocycles. The number of rotatable bonds is 3. The van der Waals surface area contributed by atoms with E-state index in [-0.39, 0.29) is 6.10 Å². The number of aromatic nitrogens is 2. The summed E-state index contributed by atoms with van der Waals surface area (Å²) in [5.74, 6) is 0. The zero-order valence-electron chi connectivity index (χ0n) is 6.67. The minimum Gasteiger partial charge on any atom is -0.391 e. The molecule has 1 aromatic rings. The lowest BCUT2D eigenvalue weighted by Gasteiger charge is -2.08. The fourth-order valence-corrected chi connectivity index (χ4v) is 1.72. The lowest BCUT2D eigenvalue weighted by molar-refractivity contribution is 0.149. The minimum absolute atomic E-state index is 0.261. The van der Waals surface area contributed by atoms with E-state index in [1.165, 1.54) is 0 Å². The van der Waals surface area contributed by atoms with Crippen molar-refractivity contribution in [2.24, 2.45) is 0 Å². The molecule has 1 atom stereocenters. The van der Waals surface area contributed by atoms with E-state index in [2.05, 4.69) is 50.2 Å². The first-order valence-electron chi connectivity index (χ1n) is 3.69. The Bertz CT molecular complexity index is 262. The van der Waals surface area contributed by atoms with Gasteiger partial charge in [0.25, 0.3) is 0 Å². The third-order valence-electron chi connectivity index (χ3n) is 1.61. The molecule has 1 N–H and O–H groups in total. The molecule has 0 unspecified atom stereocenters. The fourth-order valence-electron chi connectivity index (χ4n) is 0.826. The molecular weight excluding hydrogens is 382 g/mol. The van der Waals surface area contributed by atoms with Crippen LogP contribution in [-0.2, 0) is 6.54 Å².